The summed E-state index contributed by atoms with van der Waals surface area (Å²) in [6.45, 7) is 5.21. The van der Waals surface area contributed by atoms with Crippen molar-refractivity contribution in [3.8, 4) is 45.8 Å². The molecule has 0 spiro atoms. The number of urea groups is 1. The normalized spacial score (nSPS) is 17.7. The van der Waals surface area contributed by atoms with Crippen molar-refractivity contribution in [3.63, 3.8) is 0 Å². The number of nitrogens with one attached hydrogen (secondary N) is 2. The third-order valence-corrected chi connectivity index (χ3v) is 12.8. The molecule has 3 aromatic carbocycles. The Morgan fingerprint density at radius 1 is 0.887 bits per heavy atom. The van der Waals surface area contributed by atoms with Crippen molar-refractivity contribution in [2.24, 2.45) is 29.0 Å². The number of nitriles is 1. The number of rotatable bonds is 19. The standard InChI is InChI=1S/C53H65N9O9/c1-31-25-45(65)49(36-15-19-47(70-24-22-56)41(28-36)40-26-34(12-18-46(40)69-23-21-55)27-42(61-51(31)66)43(63)11-8-20-54)62(4)52(67)37(30-58-53(57)68)29-44(64)48-32(2)59-50(60-33(48)3)35-13-16-39(17-14-35)71-38-9-6-5-7-10-38/h12-19,26,28,31,37-38,42,49H,5-11,21-25,27,29-30,55-56H2,1-4H3,(H,61,66)(H3,57,58,68)/t31-,37+,42+,49+/m1/s1. The summed E-state index contributed by atoms with van der Waals surface area (Å²) in [6, 6.07) is 16.4. The molecule has 0 radical (unpaired) electrons. The SMILES string of the molecule is Cc1nc(-c2ccc(OC3CCCCC3)cc2)nc(C)c1C(=O)C[C@@H](CNC(N)=O)C(=O)N(C)[C@@H]1C(=O)C[C@@H](C)C(=O)N[C@H](C(=O)CCC#N)Cc2ccc(OCCN)c(c2)-c2cc1ccc2OCCN. The number of primary amides is 1. The molecule has 0 saturated heterocycles. The Bertz CT molecular complexity index is 2600. The van der Waals surface area contributed by atoms with Gasteiger partial charge in [0.2, 0.25) is 11.8 Å². The summed E-state index contributed by atoms with van der Waals surface area (Å²) < 4.78 is 18.4. The lowest BCUT2D eigenvalue weighted by molar-refractivity contribution is -0.142. The zero-order chi connectivity index (χ0) is 51.2. The Hall–Kier alpha value is -7.23. The maximum Gasteiger partial charge on any atom is 0.312 e. The second-order valence-electron chi connectivity index (χ2n) is 18.2. The fraction of sp³-hybridized carbons (Fsp3) is 0.453. The predicted octanol–water partition coefficient (Wildman–Crippen LogP) is 5.38. The van der Waals surface area contributed by atoms with Gasteiger partial charge in [-0.3, -0.25) is 24.0 Å². The molecule has 1 fully saturated rings. The van der Waals surface area contributed by atoms with Crippen LogP contribution in [0.25, 0.3) is 22.5 Å². The number of carbonyl (C=O) groups is 6. The van der Waals surface area contributed by atoms with E-state index < -0.39 is 59.8 Å². The highest BCUT2D eigenvalue weighted by Crippen LogP contribution is 2.41. The summed E-state index contributed by atoms with van der Waals surface area (Å²) in [5.41, 5.74) is 20.9. The fourth-order valence-electron chi connectivity index (χ4n) is 9.23. The summed E-state index contributed by atoms with van der Waals surface area (Å²) in [5.74, 6) is -2.93. The van der Waals surface area contributed by atoms with Crippen LogP contribution in [0.5, 0.6) is 17.2 Å². The summed E-state index contributed by atoms with van der Waals surface area (Å²) in [5, 5.41) is 14.6. The molecule has 4 amide bonds. The molecule has 71 heavy (non-hydrogen) atoms. The van der Waals surface area contributed by atoms with E-state index >= 15 is 0 Å². The molecule has 4 bridgehead atoms. The van der Waals surface area contributed by atoms with Gasteiger partial charge in [0.05, 0.1) is 41.1 Å². The Balaban J connectivity index is 1.37. The first-order chi connectivity index (χ1) is 34.1. The van der Waals surface area contributed by atoms with Crippen LogP contribution in [0.3, 0.4) is 0 Å². The van der Waals surface area contributed by atoms with Gasteiger partial charge in [0.15, 0.2) is 23.2 Å². The number of fused-ring (bicyclic) bond motifs is 5. The van der Waals surface area contributed by atoms with Crippen LogP contribution in [0.4, 0.5) is 4.79 Å². The molecule has 18 nitrogen and oxygen atoms in total. The minimum absolute atomic E-state index is 0.0560. The van der Waals surface area contributed by atoms with E-state index in [1.165, 1.54) is 18.4 Å². The highest BCUT2D eigenvalue weighted by molar-refractivity contribution is 6.01. The number of ketones is 3. The van der Waals surface area contributed by atoms with Gasteiger partial charge in [-0.1, -0.05) is 25.5 Å². The van der Waals surface area contributed by atoms with Gasteiger partial charge in [0.1, 0.15) is 36.5 Å². The monoisotopic (exact) mass is 971 g/mol. The average molecular weight is 972 g/mol. The highest BCUT2D eigenvalue weighted by atomic mass is 16.5. The number of Topliss-reactive ketones (excluding diaryl/α,β-unsaturated/α-hetero) is 3. The number of benzene rings is 3. The number of aromatic nitrogens is 2. The van der Waals surface area contributed by atoms with Gasteiger partial charge in [0.25, 0.3) is 0 Å². The number of hydrogen-bond donors (Lipinski definition) is 5. The first-order valence-electron chi connectivity index (χ1n) is 24.2. The summed E-state index contributed by atoms with van der Waals surface area (Å²) in [4.78, 5) is 94.3. The van der Waals surface area contributed by atoms with E-state index in [1.807, 2.05) is 30.3 Å². The largest absolute Gasteiger partial charge is 0.492 e. The third kappa shape index (κ3) is 13.8. The number of likely N-dealkylation sites (N-methyl/N-ethyl adjacent to an activating group) is 1. The van der Waals surface area contributed by atoms with E-state index in [2.05, 4.69) is 10.6 Å². The summed E-state index contributed by atoms with van der Waals surface area (Å²) >= 11 is 0. The topological polar surface area (TPSA) is 285 Å². The van der Waals surface area contributed by atoms with Crippen LogP contribution in [0.15, 0.2) is 60.7 Å². The number of nitrogens with zero attached hydrogens (tertiary/aromatic N) is 4. The molecule has 1 saturated carbocycles. The number of nitrogens with two attached hydrogens (primary N) is 3. The molecule has 2 heterocycles. The zero-order valence-corrected chi connectivity index (χ0v) is 41.0. The molecule has 1 aliphatic carbocycles. The van der Waals surface area contributed by atoms with E-state index in [1.54, 1.807) is 57.2 Å². The van der Waals surface area contributed by atoms with Gasteiger partial charge >= 0.3 is 6.03 Å². The Morgan fingerprint density at radius 3 is 2.14 bits per heavy atom. The number of carbonyl (C=O) groups excluding carboxylic acids is 6. The molecule has 4 aromatic rings. The number of aryl methyl sites for hydroxylation is 2. The Kier molecular flexibility index (Phi) is 18.7. The van der Waals surface area contributed by atoms with Gasteiger partial charge in [-0.05, 0) is 106 Å². The van der Waals surface area contributed by atoms with Crippen molar-refractivity contribution < 1.29 is 43.0 Å². The molecule has 0 unspecified atom stereocenters. The Morgan fingerprint density at radius 2 is 1.52 bits per heavy atom. The molecular formula is C53H65N9O9. The lowest BCUT2D eigenvalue weighted by Gasteiger charge is -2.32. The second kappa shape index (κ2) is 25.1. The molecule has 1 aromatic heterocycles. The van der Waals surface area contributed by atoms with Gasteiger partial charge in [-0.15, -0.1) is 0 Å². The molecule has 4 atom stereocenters. The molecule has 18 heteroatoms. The maximum absolute atomic E-state index is 15.0. The van der Waals surface area contributed by atoms with Crippen molar-refractivity contribution in [2.75, 3.05) is 39.9 Å². The molecule has 1 aliphatic heterocycles. The number of hydrogen-bond acceptors (Lipinski definition) is 14. The molecule has 376 valence electrons. The summed E-state index contributed by atoms with van der Waals surface area (Å²) in [6.07, 6.45) is 4.88. The molecule has 8 N–H and O–H groups in total. The number of ether oxygens (including phenoxy) is 3. The average Bonchev–Trinajstić information content (AvgIpc) is 3.35. The summed E-state index contributed by atoms with van der Waals surface area (Å²) in [7, 11) is 1.42. The van der Waals surface area contributed by atoms with Crippen LogP contribution in [0.2, 0.25) is 0 Å². The number of amides is 4. The van der Waals surface area contributed by atoms with Crippen LogP contribution in [-0.4, -0.2) is 102 Å². The van der Waals surface area contributed by atoms with Gasteiger partial charge in [-0.2, -0.15) is 5.26 Å². The highest BCUT2D eigenvalue weighted by Gasteiger charge is 2.37. The zero-order valence-electron chi connectivity index (χ0n) is 41.0. The minimum Gasteiger partial charge on any atom is -0.492 e. The predicted molar refractivity (Wildman–Crippen MR) is 265 cm³/mol. The lowest BCUT2D eigenvalue weighted by atomic mass is 9.88. The second-order valence-corrected chi connectivity index (χ2v) is 18.2. The van der Waals surface area contributed by atoms with Crippen molar-refractivity contribution in [3.05, 3.63) is 88.7 Å². The van der Waals surface area contributed by atoms with Crippen LogP contribution in [0.1, 0.15) is 104 Å². The Labute approximate surface area is 414 Å². The third-order valence-electron chi connectivity index (χ3n) is 12.8. The van der Waals surface area contributed by atoms with Gasteiger partial charge < -0.3 is 46.9 Å². The van der Waals surface area contributed by atoms with E-state index in [9.17, 15) is 34.0 Å². The first kappa shape index (κ1) is 53.1. The minimum atomic E-state index is -1.36. The first-order valence-corrected chi connectivity index (χ1v) is 24.2. The van der Waals surface area contributed by atoms with Crippen molar-refractivity contribution in [1.29, 1.82) is 5.26 Å². The molecule has 6 rings (SSSR count). The van der Waals surface area contributed by atoms with Crippen molar-refractivity contribution >= 4 is 35.2 Å². The van der Waals surface area contributed by atoms with E-state index in [-0.39, 0.29) is 76.0 Å². The van der Waals surface area contributed by atoms with Crippen LogP contribution in [-0.2, 0) is 25.6 Å². The smallest absolute Gasteiger partial charge is 0.312 e. The van der Waals surface area contributed by atoms with Crippen LogP contribution < -0.4 is 42.0 Å². The maximum atomic E-state index is 15.0. The van der Waals surface area contributed by atoms with E-state index in [0.717, 1.165) is 37.0 Å². The lowest BCUT2D eigenvalue weighted by Crippen LogP contribution is -2.46. The fourth-order valence-corrected chi connectivity index (χ4v) is 9.23. The van der Waals surface area contributed by atoms with Crippen molar-refractivity contribution in [2.45, 2.75) is 103 Å². The van der Waals surface area contributed by atoms with Crippen LogP contribution >= 0.6 is 0 Å². The van der Waals surface area contributed by atoms with E-state index in [4.69, 9.17) is 41.4 Å². The van der Waals surface area contributed by atoms with Crippen molar-refractivity contribution in [1.82, 2.24) is 25.5 Å². The quantitative estimate of drug-likeness (QED) is 0.0738. The van der Waals surface area contributed by atoms with Gasteiger partial charge in [-0.25, -0.2) is 14.8 Å². The molecular weight excluding hydrogens is 907 g/mol. The van der Waals surface area contributed by atoms with Crippen LogP contribution in [0, 0.1) is 37.0 Å². The van der Waals surface area contributed by atoms with E-state index in [0.29, 0.717) is 51.0 Å². The van der Waals surface area contributed by atoms with Gasteiger partial charge in [0, 0.05) is 75.0 Å². The molecule has 2 aliphatic rings.